The van der Waals surface area contributed by atoms with Crippen molar-refractivity contribution in [2.45, 2.75) is 59.0 Å². The van der Waals surface area contributed by atoms with Crippen LogP contribution in [0.2, 0.25) is 0 Å². The molecule has 0 heterocycles. The molecule has 31 heavy (non-hydrogen) atoms. The van der Waals surface area contributed by atoms with Gasteiger partial charge in [0.1, 0.15) is 0 Å². The zero-order valence-corrected chi connectivity index (χ0v) is 19.9. The summed E-state index contributed by atoms with van der Waals surface area (Å²) in [4.78, 5) is 17.9. The van der Waals surface area contributed by atoms with E-state index in [1.54, 1.807) is 0 Å². The van der Waals surface area contributed by atoms with Crippen LogP contribution in [0.3, 0.4) is 0 Å². The number of hydrazone groups is 1. The van der Waals surface area contributed by atoms with Gasteiger partial charge in [0.25, 0.3) is 0 Å². The monoisotopic (exact) mass is 428 g/mol. The predicted octanol–water partition coefficient (Wildman–Crippen LogP) is 3.58. The number of nitrogens with one attached hydrogen (secondary N) is 1. The molecular formula is C24H40N6O. The molecular weight excluding hydrogens is 388 g/mol. The van der Waals surface area contributed by atoms with E-state index in [0.29, 0.717) is 0 Å². The minimum atomic E-state index is -0.403. The number of amides is 1. The first kappa shape index (κ1) is 26.4. The number of aliphatic imine (C=N–C) groups is 1. The van der Waals surface area contributed by atoms with Crippen LogP contribution in [0.15, 0.2) is 57.9 Å². The van der Waals surface area contributed by atoms with Gasteiger partial charge in [-0.25, -0.2) is 5.01 Å². The molecule has 0 saturated heterocycles. The summed E-state index contributed by atoms with van der Waals surface area (Å²) in [6.45, 7) is 11.2. The van der Waals surface area contributed by atoms with E-state index in [4.69, 9.17) is 10.8 Å². The van der Waals surface area contributed by atoms with Crippen LogP contribution in [0.25, 0.3) is 0 Å². The van der Waals surface area contributed by atoms with E-state index >= 15 is 0 Å². The quantitative estimate of drug-likeness (QED) is 0.267. The fourth-order valence-corrected chi connectivity index (χ4v) is 2.96. The van der Waals surface area contributed by atoms with Crippen LogP contribution >= 0.6 is 0 Å². The third-order valence-electron chi connectivity index (χ3n) is 4.64. The lowest BCUT2D eigenvalue weighted by molar-refractivity contribution is -0.117. The van der Waals surface area contributed by atoms with Crippen LogP contribution in [0.5, 0.6) is 0 Å². The summed E-state index contributed by atoms with van der Waals surface area (Å²) in [5, 5.41) is 10.1. The smallest absolute Gasteiger partial charge is 0.231 e. The molecule has 0 spiro atoms. The van der Waals surface area contributed by atoms with Gasteiger partial charge in [-0.2, -0.15) is 5.10 Å². The number of hydrogen-bond donors (Lipinski definition) is 2. The van der Waals surface area contributed by atoms with E-state index in [2.05, 4.69) is 49.0 Å². The maximum Gasteiger partial charge on any atom is 0.231 e. The lowest BCUT2D eigenvalue weighted by Crippen LogP contribution is -2.44. The number of primary amides is 1. The van der Waals surface area contributed by atoms with Gasteiger partial charge < -0.3 is 10.6 Å². The van der Waals surface area contributed by atoms with Gasteiger partial charge >= 0.3 is 0 Å². The highest BCUT2D eigenvalue weighted by Crippen LogP contribution is 2.20. The SMILES string of the molecule is C=C(CC)C(=N\N(C1=CCCCC=C1)C(C)NCC(N)=O)/C(/C=N\CCC)=C/N(C)C. The molecule has 0 radical (unpaired) electrons. The fourth-order valence-electron chi connectivity index (χ4n) is 2.96. The van der Waals surface area contributed by atoms with Crippen molar-refractivity contribution >= 4 is 17.8 Å². The normalized spacial score (nSPS) is 16.1. The second kappa shape index (κ2) is 14.4. The number of rotatable bonds is 13. The third kappa shape index (κ3) is 9.79. The number of nitrogens with zero attached hydrogens (tertiary/aromatic N) is 4. The van der Waals surface area contributed by atoms with Crippen LogP contribution < -0.4 is 11.1 Å². The van der Waals surface area contributed by atoms with Gasteiger partial charge in [-0.1, -0.05) is 32.6 Å². The zero-order valence-electron chi connectivity index (χ0n) is 19.9. The Kier molecular flexibility index (Phi) is 12.2. The van der Waals surface area contributed by atoms with Crippen molar-refractivity contribution in [1.29, 1.82) is 0 Å². The number of hydrogen-bond acceptors (Lipinski definition) is 6. The minimum absolute atomic E-state index is 0.0760. The highest BCUT2D eigenvalue weighted by Gasteiger charge is 2.19. The Morgan fingerprint density at radius 3 is 2.71 bits per heavy atom. The highest BCUT2D eigenvalue weighted by atomic mass is 16.1. The second-order valence-corrected chi connectivity index (χ2v) is 7.82. The molecule has 0 fully saturated rings. The molecule has 0 aliphatic heterocycles. The van der Waals surface area contributed by atoms with Gasteiger partial charge in [0.2, 0.25) is 5.91 Å². The Hall–Kier alpha value is -2.67. The van der Waals surface area contributed by atoms with Crippen molar-refractivity contribution in [1.82, 2.24) is 15.2 Å². The fraction of sp³-hybridized carbons (Fsp3) is 0.542. The summed E-state index contributed by atoms with van der Waals surface area (Å²) >= 11 is 0. The topological polar surface area (TPSA) is 86.3 Å². The third-order valence-corrected chi connectivity index (χ3v) is 4.64. The van der Waals surface area contributed by atoms with Gasteiger partial charge in [0, 0.05) is 38.6 Å². The highest BCUT2D eigenvalue weighted by molar-refractivity contribution is 6.23. The molecule has 1 aliphatic rings. The Bertz CT molecular complexity index is 745. The summed E-state index contributed by atoms with van der Waals surface area (Å²) in [6, 6.07) is 0. The lowest BCUT2D eigenvalue weighted by Gasteiger charge is -2.29. The van der Waals surface area contributed by atoms with Crippen LogP contribution in [-0.4, -0.2) is 61.1 Å². The number of carbonyl (C=O) groups is 1. The van der Waals surface area contributed by atoms with E-state index in [0.717, 1.165) is 61.2 Å². The van der Waals surface area contributed by atoms with E-state index in [9.17, 15) is 4.79 Å². The maximum absolute atomic E-state index is 11.3. The first-order valence-electron chi connectivity index (χ1n) is 11.1. The Morgan fingerprint density at radius 2 is 2.10 bits per heavy atom. The molecule has 1 amide bonds. The summed E-state index contributed by atoms with van der Waals surface area (Å²) in [5.41, 5.74) is 8.94. The van der Waals surface area contributed by atoms with E-state index in [-0.39, 0.29) is 12.7 Å². The Morgan fingerprint density at radius 1 is 1.35 bits per heavy atom. The lowest BCUT2D eigenvalue weighted by atomic mass is 10.0. The molecule has 1 unspecified atom stereocenters. The predicted molar refractivity (Wildman–Crippen MR) is 132 cm³/mol. The van der Waals surface area contributed by atoms with Gasteiger partial charge in [-0.05, 0) is 50.7 Å². The molecule has 1 rings (SSSR count). The second-order valence-electron chi connectivity index (χ2n) is 7.82. The van der Waals surface area contributed by atoms with Crippen molar-refractivity contribution in [2.24, 2.45) is 15.8 Å². The van der Waals surface area contributed by atoms with E-state index in [1.165, 1.54) is 0 Å². The molecule has 0 aromatic carbocycles. The molecule has 0 aromatic heterocycles. The Labute approximate surface area is 188 Å². The van der Waals surface area contributed by atoms with Crippen molar-refractivity contribution in [2.75, 3.05) is 27.2 Å². The van der Waals surface area contributed by atoms with Crippen LogP contribution in [-0.2, 0) is 4.79 Å². The molecule has 0 bridgehead atoms. The first-order chi connectivity index (χ1) is 14.8. The minimum Gasteiger partial charge on any atom is -0.383 e. The molecule has 7 nitrogen and oxygen atoms in total. The molecule has 172 valence electrons. The van der Waals surface area contributed by atoms with Crippen molar-refractivity contribution < 1.29 is 4.79 Å². The van der Waals surface area contributed by atoms with Gasteiger partial charge in [-0.15, -0.1) is 0 Å². The largest absolute Gasteiger partial charge is 0.383 e. The Balaban J connectivity index is 3.51. The van der Waals surface area contributed by atoms with Gasteiger partial charge in [0.05, 0.1) is 24.1 Å². The van der Waals surface area contributed by atoms with E-state index < -0.39 is 5.91 Å². The molecule has 3 N–H and O–H groups in total. The van der Waals surface area contributed by atoms with Crippen LogP contribution in [0.4, 0.5) is 0 Å². The van der Waals surface area contributed by atoms with Crippen molar-refractivity contribution in [3.63, 3.8) is 0 Å². The van der Waals surface area contributed by atoms with Crippen LogP contribution in [0, 0.1) is 0 Å². The molecule has 1 aliphatic carbocycles. The molecule has 7 heteroatoms. The average Bonchev–Trinajstić information content (AvgIpc) is 3.01. The first-order valence-corrected chi connectivity index (χ1v) is 11.1. The number of carbonyl (C=O) groups excluding carboxylic acids is 1. The summed E-state index contributed by atoms with van der Waals surface area (Å²) in [5.74, 6) is -0.403. The average molecular weight is 429 g/mol. The molecule has 0 saturated carbocycles. The number of allylic oxidation sites excluding steroid dienone is 5. The van der Waals surface area contributed by atoms with Crippen LogP contribution in [0.1, 0.15) is 52.9 Å². The summed E-state index contributed by atoms with van der Waals surface area (Å²) in [7, 11) is 3.96. The summed E-state index contributed by atoms with van der Waals surface area (Å²) < 4.78 is 0. The maximum atomic E-state index is 11.3. The van der Waals surface area contributed by atoms with Gasteiger partial charge in [-0.3, -0.25) is 15.1 Å². The zero-order chi connectivity index (χ0) is 23.2. The summed E-state index contributed by atoms with van der Waals surface area (Å²) in [6.07, 6.45) is 14.9. The number of nitrogens with two attached hydrogens (primary N) is 1. The molecule has 0 aromatic rings. The standard InChI is InChI=1S/C24H40N6O/c1-7-15-26-16-21(18-29(5)6)24(19(3)8-2)28-30(20(4)27-17-23(25)31)22-13-11-9-10-12-14-22/h11,13-14,16,18,20,27H,3,7-10,12,15,17H2,1-2,4-6H3,(H2,25,31)/b21-18+,26-16-,28-24+. The van der Waals surface area contributed by atoms with Crippen molar-refractivity contribution in [3.05, 3.63) is 47.9 Å². The van der Waals surface area contributed by atoms with Gasteiger partial charge in [0.15, 0.2) is 0 Å². The van der Waals surface area contributed by atoms with Crippen molar-refractivity contribution in [3.8, 4) is 0 Å². The van der Waals surface area contributed by atoms with E-state index in [1.807, 2.05) is 43.3 Å². The molecule has 1 atom stereocenters.